The van der Waals surface area contributed by atoms with Crippen molar-refractivity contribution in [3.63, 3.8) is 0 Å². The van der Waals surface area contributed by atoms with Gasteiger partial charge in [0.15, 0.2) is 0 Å². The summed E-state index contributed by atoms with van der Waals surface area (Å²) in [5, 5.41) is 9.00. The van der Waals surface area contributed by atoms with E-state index in [1.54, 1.807) is 18.2 Å². The van der Waals surface area contributed by atoms with Crippen LogP contribution in [0.25, 0.3) is 11.0 Å². The molecule has 0 unspecified atom stereocenters. The normalized spacial score (nSPS) is 16.7. The topological polar surface area (TPSA) is 89.6 Å². The van der Waals surface area contributed by atoms with E-state index in [4.69, 9.17) is 24.5 Å². The Balaban J connectivity index is 1.24. The van der Waals surface area contributed by atoms with Crippen LogP contribution in [0.3, 0.4) is 0 Å². The summed E-state index contributed by atoms with van der Waals surface area (Å²) in [6.45, 7) is 3.65. The third kappa shape index (κ3) is 5.16. The summed E-state index contributed by atoms with van der Waals surface area (Å²) in [5.74, 6) is 0.811. The summed E-state index contributed by atoms with van der Waals surface area (Å²) in [6, 6.07) is 17.8. The highest BCUT2D eigenvalue weighted by molar-refractivity contribution is 5.93. The van der Waals surface area contributed by atoms with Crippen LogP contribution in [0.1, 0.15) is 44.9 Å². The number of ether oxygens (including phenoxy) is 3. The first-order valence-corrected chi connectivity index (χ1v) is 13.4. The molecule has 0 aliphatic carbocycles. The molecule has 4 aromatic rings. The maximum Gasteiger partial charge on any atom is 0.337 e. The van der Waals surface area contributed by atoms with E-state index in [9.17, 15) is 9.18 Å². The van der Waals surface area contributed by atoms with Crippen molar-refractivity contribution in [3.05, 3.63) is 94.1 Å². The molecule has 1 saturated heterocycles. The van der Waals surface area contributed by atoms with Crippen LogP contribution >= 0.6 is 0 Å². The smallest absolute Gasteiger partial charge is 0.337 e. The number of esters is 1. The van der Waals surface area contributed by atoms with Gasteiger partial charge in [0.2, 0.25) is 0 Å². The van der Waals surface area contributed by atoms with Crippen LogP contribution in [0.5, 0.6) is 5.75 Å². The van der Waals surface area contributed by atoms with E-state index in [1.807, 2.05) is 30.3 Å². The van der Waals surface area contributed by atoms with Gasteiger partial charge in [-0.25, -0.2) is 14.2 Å². The second-order valence-corrected chi connectivity index (χ2v) is 10.2. The van der Waals surface area contributed by atoms with Crippen molar-refractivity contribution in [2.24, 2.45) is 0 Å². The minimum Gasteiger partial charge on any atom is -0.488 e. The van der Waals surface area contributed by atoms with Crippen LogP contribution in [-0.4, -0.2) is 46.8 Å². The van der Waals surface area contributed by atoms with E-state index in [1.165, 1.54) is 18.7 Å². The van der Waals surface area contributed by atoms with Crippen molar-refractivity contribution in [1.82, 2.24) is 14.5 Å². The number of aromatic nitrogens is 2. The molecule has 9 heteroatoms. The Morgan fingerprint density at radius 1 is 1.23 bits per heavy atom. The van der Waals surface area contributed by atoms with Gasteiger partial charge in [0.1, 0.15) is 24.0 Å². The Hall–Kier alpha value is -4.26. The van der Waals surface area contributed by atoms with Gasteiger partial charge in [0, 0.05) is 30.8 Å². The molecule has 0 bridgehead atoms. The lowest BCUT2D eigenvalue weighted by atomic mass is 9.98. The Bertz CT molecular complexity index is 1620. The zero-order valence-corrected chi connectivity index (χ0v) is 22.2. The molecule has 3 heterocycles. The highest BCUT2D eigenvalue weighted by atomic mass is 19.1. The molecule has 2 aliphatic heterocycles. The molecule has 1 aromatic heterocycles. The highest BCUT2D eigenvalue weighted by Gasteiger charge is 2.25. The minimum absolute atomic E-state index is 0.0771. The lowest BCUT2D eigenvalue weighted by molar-refractivity contribution is -0.0592. The van der Waals surface area contributed by atoms with Crippen LogP contribution in [0.2, 0.25) is 0 Å². The number of hydrogen-bond donors (Lipinski definition) is 0. The fraction of sp³-hybridized carbons (Fsp3) is 0.323. The van der Waals surface area contributed by atoms with E-state index >= 15 is 0 Å². The molecule has 40 heavy (non-hydrogen) atoms. The van der Waals surface area contributed by atoms with Gasteiger partial charge in [-0.15, -0.1) is 0 Å². The molecule has 0 radical (unpaired) electrons. The third-order valence-electron chi connectivity index (χ3n) is 7.67. The fourth-order valence-corrected chi connectivity index (χ4v) is 5.34. The molecule has 8 nitrogen and oxygen atoms in total. The van der Waals surface area contributed by atoms with Crippen LogP contribution in [0.4, 0.5) is 4.39 Å². The number of benzene rings is 3. The van der Waals surface area contributed by atoms with Gasteiger partial charge in [0.05, 0.1) is 54.5 Å². The summed E-state index contributed by atoms with van der Waals surface area (Å²) in [5.41, 5.74) is 5.19. The molecule has 0 saturated carbocycles. The average molecular weight is 541 g/mol. The monoisotopic (exact) mass is 540 g/mol. The van der Waals surface area contributed by atoms with E-state index in [0.717, 1.165) is 54.2 Å². The van der Waals surface area contributed by atoms with Crippen LogP contribution in [0.15, 0.2) is 54.6 Å². The number of nitrogens with zero attached hydrogens (tertiary/aromatic N) is 4. The Morgan fingerprint density at radius 2 is 2.10 bits per heavy atom. The maximum absolute atomic E-state index is 14.4. The number of carbonyl (C=O) groups excluding carboxylic acids is 1. The van der Waals surface area contributed by atoms with Gasteiger partial charge in [0.25, 0.3) is 0 Å². The van der Waals surface area contributed by atoms with Crippen LogP contribution in [0, 0.1) is 17.1 Å². The van der Waals surface area contributed by atoms with Crippen molar-refractivity contribution in [3.8, 4) is 11.8 Å². The molecule has 204 valence electrons. The quantitative estimate of drug-likeness (QED) is 0.298. The summed E-state index contributed by atoms with van der Waals surface area (Å²) < 4.78 is 33.4. The number of methoxy groups -OCH3 is 1. The van der Waals surface area contributed by atoms with Gasteiger partial charge in [-0.2, -0.15) is 5.26 Å². The predicted molar refractivity (Wildman–Crippen MR) is 145 cm³/mol. The second kappa shape index (κ2) is 11.1. The number of nitriles is 1. The maximum atomic E-state index is 14.4. The molecule has 0 spiro atoms. The van der Waals surface area contributed by atoms with Crippen molar-refractivity contribution in [1.29, 1.82) is 5.26 Å². The number of carbonyl (C=O) groups is 1. The van der Waals surface area contributed by atoms with E-state index < -0.39 is 5.82 Å². The van der Waals surface area contributed by atoms with Gasteiger partial charge in [-0.1, -0.05) is 18.2 Å². The molecule has 0 N–H and O–H groups in total. The zero-order valence-electron chi connectivity index (χ0n) is 22.2. The summed E-state index contributed by atoms with van der Waals surface area (Å²) in [7, 11) is 1.38. The number of rotatable bonds is 8. The van der Waals surface area contributed by atoms with Crippen LogP contribution < -0.4 is 4.74 Å². The number of halogens is 1. The third-order valence-corrected chi connectivity index (χ3v) is 7.67. The molecule has 1 atom stereocenters. The first kappa shape index (κ1) is 26.0. The first-order valence-electron chi connectivity index (χ1n) is 13.4. The SMILES string of the molecule is COC(=O)c1ccc2nc(CN3CCc4cccc(OCc5ccc(C#N)cc5F)c4C3)n(C[C@@H]3CCO3)c2c1. The Kier molecular flexibility index (Phi) is 7.20. The average Bonchev–Trinajstić information content (AvgIpc) is 3.29. The second-order valence-electron chi connectivity index (χ2n) is 10.2. The van der Waals surface area contributed by atoms with E-state index in [2.05, 4.69) is 15.5 Å². The van der Waals surface area contributed by atoms with Crippen molar-refractivity contribution in [2.45, 2.75) is 45.2 Å². The zero-order chi connectivity index (χ0) is 27.6. The summed E-state index contributed by atoms with van der Waals surface area (Å²) in [6.07, 6.45) is 1.98. The molecule has 1 fully saturated rings. The Labute approximate surface area is 231 Å². The molecule has 2 aliphatic rings. The molecular formula is C31H29FN4O4. The van der Waals surface area contributed by atoms with Crippen molar-refractivity contribution < 1.29 is 23.4 Å². The van der Waals surface area contributed by atoms with Crippen molar-refractivity contribution >= 4 is 17.0 Å². The predicted octanol–water partition coefficient (Wildman–Crippen LogP) is 4.76. The Morgan fingerprint density at radius 3 is 2.85 bits per heavy atom. The number of hydrogen-bond acceptors (Lipinski definition) is 7. The van der Waals surface area contributed by atoms with Crippen molar-refractivity contribution in [2.75, 3.05) is 20.3 Å². The number of imidazole rings is 1. The van der Waals surface area contributed by atoms with E-state index in [-0.39, 0.29) is 24.2 Å². The van der Waals surface area contributed by atoms with Gasteiger partial charge >= 0.3 is 5.97 Å². The largest absolute Gasteiger partial charge is 0.488 e. The lowest BCUT2D eigenvalue weighted by Gasteiger charge is -2.31. The molecule has 0 amide bonds. The minimum atomic E-state index is -0.449. The fourth-order valence-electron chi connectivity index (χ4n) is 5.34. The van der Waals surface area contributed by atoms with Gasteiger partial charge < -0.3 is 18.8 Å². The highest BCUT2D eigenvalue weighted by Crippen LogP contribution is 2.31. The number of fused-ring (bicyclic) bond motifs is 2. The van der Waals surface area contributed by atoms with E-state index in [0.29, 0.717) is 30.8 Å². The van der Waals surface area contributed by atoms with Gasteiger partial charge in [-0.3, -0.25) is 4.90 Å². The lowest BCUT2D eigenvalue weighted by Crippen LogP contribution is -2.34. The summed E-state index contributed by atoms with van der Waals surface area (Å²) in [4.78, 5) is 19.5. The molecule has 3 aromatic carbocycles. The van der Waals surface area contributed by atoms with Crippen LogP contribution in [-0.2, 0) is 42.1 Å². The molecular weight excluding hydrogens is 511 g/mol. The summed E-state index contributed by atoms with van der Waals surface area (Å²) >= 11 is 0. The standard InChI is InChI=1S/C31H29FN4O4/c1-38-31(37)22-7-8-27-28(14-22)36(16-24-10-12-39-24)30(34-27)18-35-11-9-21-3-2-4-29(25(21)17-35)40-19-23-6-5-20(15-33)13-26(23)32/h2-8,13-14,24H,9-12,16-19H2,1H3/t24-/m0/s1. The molecule has 6 rings (SSSR count). The first-order chi connectivity index (χ1) is 19.5. The van der Waals surface area contributed by atoms with Gasteiger partial charge in [-0.05, 0) is 54.8 Å².